The summed E-state index contributed by atoms with van der Waals surface area (Å²) in [5, 5.41) is 3.71. The Morgan fingerprint density at radius 1 is 1.35 bits per heavy atom. The molecule has 0 fully saturated rings. The number of nitrogens with two attached hydrogens (primary N) is 1. The topological polar surface area (TPSA) is 63.8 Å². The lowest BCUT2D eigenvalue weighted by molar-refractivity contribution is 0.995. The van der Waals surface area contributed by atoms with E-state index in [9.17, 15) is 0 Å². The van der Waals surface area contributed by atoms with Gasteiger partial charge in [0.15, 0.2) is 0 Å². The summed E-state index contributed by atoms with van der Waals surface area (Å²) in [6, 6.07) is 5.64. The van der Waals surface area contributed by atoms with Crippen molar-refractivity contribution >= 4 is 23.1 Å². The van der Waals surface area contributed by atoms with Crippen LogP contribution in [0.25, 0.3) is 0 Å². The molecule has 2 rings (SSSR count). The normalized spacial score (nSPS) is 10.2. The van der Waals surface area contributed by atoms with Gasteiger partial charge in [0, 0.05) is 25.1 Å². The third-order valence-electron chi connectivity index (χ3n) is 2.31. The average molecular weight is 249 g/mol. The standard InChI is InChI=1S/C12H13ClN4/c13-10-6-11(14)12(17-8-10)16-5-3-9-2-1-4-15-7-9/h1-2,4,6-8H,3,5,14H2,(H,16,17). The number of rotatable bonds is 4. The van der Waals surface area contributed by atoms with E-state index in [1.807, 2.05) is 18.3 Å². The molecule has 0 aromatic carbocycles. The number of halogens is 1. The SMILES string of the molecule is Nc1cc(Cl)cnc1NCCc1cccnc1. The summed E-state index contributed by atoms with van der Waals surface area (Å²) in [7, 11) is 0. The second-order valence-corrected chi connectivity index (χ2v) is 4.07. The Kier molecular flexibility index (Phi) is 3.77. The van der Waals surface area contributed by atoms with Gasteiger partial charge in [-0.1, -0.05) is 17.7 Å². The van der Waals surface area contributed by atoms with Gasteiger partial charge in [-0.05, 0) is 24.1 Å². The predicted molar refractivity (Wildman–Crippen MR) is 70.1 cm³/mol. The minimum Gasteiger partial charge on any atom is -0.396 e. The first kappa shape index (κ1) is 11.7. The number of aromatic nitrogens is 2. The maximum Gasteiger partial charge on any atom is 0.149 e. The molecule has 0 atom stereocenters. The Hall–Kier alpha value is -1.81. The van der Waals surface area contributed by atoms with Crippen LogP contribution in [0.5, 0.6) is 0 Å². The molecule has 2 aromatic heterocycles. The van der Waals surface area contributed by atoms with Gasteiger partial charge in [0.05, 0.1) is 10.7 Å². The first-order valence-electron chi connectivity index (χ1n) is 5.29. The van der Waals surface area contributed by atoms with E-state index >= 15 is 0 Å². The van der Waals surface area contributed by atoms with Gasteiger partial charge in [-0.3, -0.25) is 4.98 Å². The smallest absolute Gasteiger partial charge is 0.149 e. The molecular formula is C12H13ClN4. The van der Waals surface area contributed by atoms with E-state index in [0.717, 1.165) is 13.0 Å². The maximum atomic E-state index is 5.78. The molecule has 5 heteroatoms. The Labute approximate surface area is 105 Å². The number of hydrogen-bond acceptors (Lipinski definition) is 4. The van der Waals surface area contributed by atoms with Crippen LogP contribution in [-0.4, -0.2) is 16.5 Å². The molecule has 0 aliphatic rings. The molecule has 88 valence electrons. The van der Waals surface area contributed by atoms with Crippen molar-refractivity contribution in [2.45, 2.75) is 6.42 Å². The molecule has 0 radical (unpaired) electrons. The van der Waals surface area contributed by atoms with E-state index in [2.05, 4.69) is 15.3 Å². The Bertz CT molecular complexity index is 487. The molecule has 17 heavy (non-hydrogen) atoms. The van der Waals surface area contributed by atoms with E-state index < -0.39 is 0 Å². The largest absolute Gasteiger partial charge is 0.396 e. The number of pyridine rings is 2. The lowest BCUT2D eigenvalue weighted by atomic mass is 10.2. The lowest BCUT2D eigenvalue weighted by Gasteiger charge is -2.08. The van der Waals surface area contributed by atoms with Crippen LogP contribution < -0.4 is 11.1 Å². The molecule has 4 nitrogen and oxygen atoms in total. The summed E-state index contributed by atoms with van der Waals surface area (Å²) >= 11 is 5.77. The van der Waals surface area contributed by atoms with Crippen LogP contribution in [-0.2, 0) is 6.42 Å². The predicted octanol–water partition coefficient (Wildman–Crippen LogP) is 2.37. The fourth-order valence-corrected chi connectivity index (χ4v) is 1.64. The Morgan fingerprint density at radius 3 is 2.94 bits per heavy atom. The molecule has 2 heterocycles. The zero-order chi connectivity index (χ0) is 12.1. The van der Waals surface area contributed by atoms with Gasteiger partial charge in [-0.15, -0.1) is 0 Å². The van der Waals surface area contributed by atoms with Crippen molar-refractivity contribution in [3.63, 3.8) is 0 Å². The van der Waals surface area contributed by atoms with Gasteiger partial charge < -0.3 is 11.1 Å². The van der Waals surface area contributed by atoms with Crippen LogP contribution >= 0.6 is 11.6 Å². The average Bonchev–Trinajstić information content (AvgIpc) is 2.33. The van der Waals surface area contributed by atoms with E-state index in [1.54, 1.807) is 18.5 Å². The van der Waals surface area contributed by atoms with Crippen molar-refractivity contribution in [3.05, 3.63) is 47.4 Å². The first-order chi connectivity index (χ1) is 8.25. The summed E-state index contributed by atoms with van der Waals surface area (Å²) < 4.78 is 0. The summed E-state index contributed by atoms with van der Waals surface area (Å²) in [6.07, 6.45) is 6.05. The number of anilines is 2. The number of hydrogen-bond donors (Lipinski definition) is 2. The second-order valence-electron chi connectivity index (χ2n) is 3.63. The van der Waals surface area contributed by atoms with Crippen LogP contribution in [0.4, 0.5) is 11.5 Å². The van der Waals surface area contributed by atoms with Crippen molar-refractivity contribution < 1.29 is 0 Å². The highest BCUT2D eigenvalue weighted by molar-refractivity contribution is 6.30. The summed E-state index contributed by atoms with van der Waals surface area (Å²) in [4.78, 5) is 8.18. The van der Waals surface area contributed by atoms with E-state index in [1.165, 1.54) is 5.56 Å². The molecule has 0 bridgehead atoms. The molecule has 2 aromatic rings. The van der Waals surface area contributed by atoms with Crippen LogP contribution in [0.2, 0.25) is 5.02 Å². The van der Waals surface area contributed by atoms with Gasteiger partial charge in [0.1, 0.15) is 5.82 Å². The van der Waals surface area contributed by atoms with Gasteiger partial charge >= 0.3 is 0 Å². The molecule has 3 N–H and O–H groups in total. The van der Waals surface area contributed by atoms with E-state index in [-0.39, 0.29) is 0 Å². The van der Waals surface area contributed by atoms with Gasteiger partial charge in [0.2, 0.25) is 0 Å². The van der Waals surface area contributed by atoms with E-state index in [4.69, 9.17) is 17.3 Å². The minimum absolute atomic E-state index is 0.542. The summed E-state index contributed by atoms with van der Waals surface area (Å²) in [5.41, 5.74) is 7.51. The highest BCUT2D eigenvalue weighted by atomic mass is 35.5. The summed E-state index contributed by atoms with van der Waals surface area (Å²) in [5.74, 6) is 0.665. The first-order valence-corrected chi connectivity index (χ1v) is 5.67. The van der Waals surface area contributed by atoms with Crippen molar-refractivity contribution in [2.75, 3.05) is 17.6 Å². The molecule has 0 saturated heterocycles. The molecule has 0 amide bonds. The fourth-order valence-electron chi connectivity index (χ4n) is 1.47. The molecule has 0 aliphatic carbocycles. The second kappa shape index (κ2) is 5.50. The molecule has 0 unspecified atom stereocenters. The number of nitrogens with zero attached hydrogens (tertiary/aromatic N) is 2. The zero-order valence-electron chi connectivity index (χ0n) is 9.23. The zero-order valence-corrected chi connectivity index (χ0v) is 9.98. The van der Waals surface area contributed by atoms with Crippen molar-refractivity contribution in [1.82, 2.24) is 9.97 Å². The summed E-state index contributed by atoms with van der Waals surface area (Å²) in [6.45, 7) is 0.754. The van der Waals surface area contributed by atoms with Gasteiger partial charge in [0.25, 0.3) is 0 Å². The minimum atomic E-state index is 0.542. The van der Waals surface area contributed by atoms with Crippen molar-refractivity contribution in [1.29, 1.82) is 0 Å². The highest BCUT2D eigenvalue weighted by Gasteiger charge is 2.00. The van der Waals surface area contributed by atoms with Crippen LogP contribution in [0.1, 0.15) is 5.56 Å². The van der Waals surface area contributed by atoms with Crippen molar-refractivity contribution in [3.8, 4) is 0 Å². The molecule has 0 spiro atoms. The number of nitrogen functional groups attached to an aromatic ring is 1. The molecule has 0 aliphatic heterocycles. The fraction of sp³-hybridized carbons (Fsp3) is 0.167. The third kappa shape index (κ3) is 3.32. The van der Waals surface area contributed by atoms with Crippen LogP contribution in [0, 0.1) is 0 Å². The Balaban J connectivity index is 1.90. The lowest BCUT2D eigenvalue weighted by Crippen LogP contribution is -2.08. The maximum absolute atomic E-state index is 5.78. The number of nitrogens with one attached hydrogen (secondary N) is 1. The van der Waals surface area contributed by atoms with Gasteiger partial charge in [-0.25, -0.2) is 4.98 Å². The Morgan fingerprint density at radius 2 is 2.24 bits per heavy atom. The highest BCUT2D eigenvalue weighted by Crippen LogP contribution is 2.19. The quantitative estimate of drug-likeness (QED) is 0.872. The van der Waals surface area contributed by atoms with Crippen LogP contribution in [0.15, 0.2) is 36.8 Å². The van der Waals surface area contributed by atoms with Gasteiger partial charge in [-0.2, -0.15) is 0 Å². The van der Waals surface area contributed by atoms with E-state index in [0.29, 0.717) is 16.5 Å². The van der Waals surface area contributed by atoms with Crippen LogP contribution in [0.3, 0.4) is 0 Å². The van der Waals surface area contributed by atoms with Crippen molar-refractivity contribution in [2.24, 2.45) is 0 Å². The molecular weight excluding hydrogens is 236 g/mol. The third-order valence-corrected chi connectivity index (χ3v) is 2.52. The monoisotopic (exact) mass is 248 g/mol. The molecule has 0 saturated carbocycles.